The first-order chi connectivity index (χ1) is 51.6. The second-order valence-corrected chi connectivity index (χ2v) is 28.6. The van der Waals surface area contributed by atoms with Crippen molar-refractivity contribution in [2.45, 2.75) is 79.1 Å². The topological polar surface area (TPSA) is 112 Å². The molecule has 2 heterocycles. The number of fused-ring (bicyclic) bond motifs is 2. The van der Waals surface area contributed by atoms with Crippen molar-refractivity contribution in [2.75, 3.05) is 9.80 Å². The number of nitrogens with zero attached hydrogens (tertiary/aromatic N) is 2. The Morgan fingerprint density at radius 3 is 0.632 bits per heavy atom. The number of hydrogen-bond acceptors (Lipinski definition) is 8. The van der Waals surface area contributed by atoms with E-state index in [9.17, 15) is 0 Å². The van der Waals surface area contributed by atoms with Crippen molar-refractivity contribution in [3.63, 3.8) is 0 Å². The van der Waals surface area contributed by atoms with Gasteiger partial charge in [0.1, 0.15) is 46.0 Å². The number of carbonyl (C=O) groups is 4. The lowest BCUT2D eigenvalue weighted by Gasteiger charge is -2.35. The minimum atomic E-state index is -0.564. The lowest BCUT2D eigenvalue weighted by molar-refractivity contribution is 0.0877. The maximum absolute atomic E-state index is 16.9. The van der Waals surface area contributed by atoms with Gasteiger partial charge in [0.05, 0.1) is 33.6 Å². The Labute approximate surface area is 615 Å². The monoisotopic (exact) mass is 1380 g/mol. The number of para-hydroxylation sites is 6. The smallest absolute Gasteiger partial charge is 0.266 e. The first-order valence-electron chi connectivity index (χ1n) is 36.3. The SMILES string of the molecule is CC(C)c1cccc(C(C)C)c1N1C(=O)c2cc(Oc3ccccc3-c3ccccc3)c3c4c(Oc5ccccc5-c5ccccc5)cc5c6c(cc(Oc7ccccc7-c7ccccc7)c(c7c(Oc8ccccc8-c8ccccc8)cc(c2c37)C1=O)c64)C(=O)N(c1c(C(C)C)cccc1C(C)C)C5=O. The van der Waals surface area contributed by atoms with Crippen LogP contribution in [0.25, 0.3) is 87.6 Å². The summed E-state index contributed by atoms with van der Waals surface area (Å²) in [6, 6.07) is 90.1. The van der Waals surface area contributed by atoms with Gasteiger partial charge in [-0.25, -0.2) is 9.80 Å². The zero-order valence-corrected chi connectivity index (χ0v) is 60.0. The maximum atomic E-state index is 16.9. The largest absolute Gasteiger partial charge is 0.456 e. The summed E-state index contributed by atoms with van der Waals surface area (Å²) in [7, 11) is 0. The van der Waals surface area contributed by atoms with Crippen molar-refractivity contribution in [3.05, 3.63) is 324 Å². The number of benzene rings is 15. The average molecular weight is 1380 g/mol. The lowest BCUT2D eigenvalue weighted by atomic mass is 9.80. The van der Waals surface area contributed by atoms with Crippen LogP contribution in [-0.2, 0) is 0 Å². The predicted octanol–water partition coefficient (Wildman–Crippen LogP) is 25.7. The van der Waals surface area contributed by atoms with Crippen molar-refractivity contribution >= 4 is 78.1 Å². The van der Waals surface area contributed by atoms with E-state index >= 15 is 19.2 Å². The van der Waals surface area contributed by atoms with Gasteiger partial charge in [-0.1, -0.05) is 286 Å². The fraction of sp³-hybridized carbons (Fsp3) is 0.125. The lowest BCUT2D eigenvalue weighted by Crippen LogP contribution is -2.42. The van der Waals surface area contributed by atoms with Crippen molar-refractivity contribution in [3.8, 4) is 90.5 Å². The van der Waals surface area contributed by atoms with Crippen LogP contribution in [0.5, 0.6) is 46.0 Å². The van der Waals surface area contributed by atoms with E-state index in [1.165, 1.54) is 9.80 Å². The van der Waals surface area contributed by atoms with Gasteiger partial charge in [-0.15, -0.1) is 0 Å². The van der Waals surface area contributed by atoms with Gasteiger partial charge in [-0.05, 0) is 117 Å². The molecule has 0 N–H and O–H groups in total. The number of hydrogen-bond donors (Lipinski definition) is 0. The highest BCUT2D eigenvalue weighted by atomic mass is 16.5. The molecule has 0 bridgehead atoms. The Kier molecular flexibility index (Phi) is 16.7. The summed E-state index contributed by atoms with van der Waals surface area (Å²) in [6.07, 6.45) is 0. The first-order valence-corrected chi connectivity index (χ1v) is 36.3. The highest BCUT2D eigenvalue weighted by Crippen LogP contribution is 2.60. The summed E-state index contributed by atoms with van der Waals surface area (Å²) in [5.74, 6) is -0.110. The van der Waals surface area contributed by atoms with Gasteiger partial charge in [-0.2, -0.15) is 0 Å². The van der Waals surface area contributed by atoms with Crippen LogP contribution in [0.2, 0.25) is 0 Å². The minimum absolute atomic E-state index is 0.115. The Hall–Kier alpha value is -12.9. The fourth-order valence-electron chi connectivity index (χ4n) is 15.9. The molecule has 0 atom stereocenters. The molecule has 15 aromatic rings. The van der Waals surface area contributed by atoms with E-state index in [0.717, 1.165) is 66.8 Å². The van der Waals surface area contributed by atoms with E-state index in [1.807, 2.05) is 255 Å². The van der Waals surface area contributed by atoms with E-state index in [0.29, 0.717) is 77.5 Å². The molecule has 106 heavy (non-hydrogen) atoms. The third-order valence-electron chi connectivity index (χ3n) is 20.8. The van der Waals surface area contributed by atoms with Crippen molar-refractivity contribution in [1.29, 1.82) is 0 Å². The fourth-order valence-corrected chi connectivity index (χ4v) is 15.9. The Morgan fingerprint density at radius 2 is 0.415 bits per heavy atom. The number of amides is 4. The van der Waals surface area contributed by atoms with Crippen LogP contribution in [0, 0.1) is 0 Å². The van der Waals surface area contributed by atoms with Crippen molar-refractivity contribution in [1.82, 2.24) is 0 Å². The van der Waals surface area contributed by atoms with Gasteiger partial charge in [-0.3, -0.25) is 19.2 Å². The van der Waals surface area contributed by atoms with E-state index in [1.54, 1.807) is 24.3 Å². The van der Waals surface area contributed by atoms with Gasteiger partial charge >= 0.3 is 0 Å². The number of anilines is 2. The molecule has 516 valence electrons. The number of ether oxygens (including phenoxy) is 4. The first kappa shape index (κ1) is 66.3. The highest BCUT2D eigenvalue weighted by Gasteiger charge is 2.45. The van der Waals surface area contributed by atoms with Crippen molar-refractivity contribution < 1.29 is 38.1 Å². The molecule has 10 heteroatoms. The van der Waals surface area contributed by atoms with Gasteiger partial charge in [0.15, 0.2) is 0 Å². The van der Waals surface area contributed by atoms with Crippen LogP contribution in [0.4, 0.5) is 11.4 Å². The maximum Gasteiger partial charge on any atom is 0.266 e. The quantitative estimate of drug-likeness (QED) is 0.0474. The second-order valence-electron chi connectivity index (χ2n) is 28.6. The summed E-state index contributed by atoms with van der Waals surface area (Å²) in [5.41, 5.74) is 11.5. The molecule has 0 aliphatic carbocycles. The molecule has 10 nitrogen and oxygen atoms in total. The predicted molar refractivity (Wildman–Crippen MR) is 427 cm³/mol. The molecule has 4 amide bonds. The molecule has 0 unspecified atom stereocenters. The molecule has 0 saturated carbocycles. The number of imide groups is 2. The molecule has 0 spiro atoms. The van der Waals surface area contributed by atoms with Crippen molar-refractivity contribution in [2.24, 2.45) is 0 Å². The Balaban J connectivity index is 1.11. The number of carbonyl (C=O) groups excluding carboxylic acids is 4. The van der Waals surface area contributed by atoms with Gasteiger partial charge in [0.2, 0.25) is 0 Å². The van der Waals surface area contributed by atoms with Crippen LogP contribution in [-0.4, -0.2) is 23.6 Å². The zero-order chi connectivity index (χ0) is 72.8. The van der Waals surface area contributed by atoms with E-state index < -0.39 is 23.6 Å². The average Bonchev–Trinajstić information content (AvgIpc) is 0.669. The summed E-state index contributed by atoms with van der Waals surface area (Å²) in [4.78, 5) is 70.5. The van der Waals surface area contributed by atoms with E-state index in [2.05, 4.69) is 55.4 Å². The molecular weight excluding hydrogens is 1310 g/mol. The van der Waals surface area contributed by atoms with Gasteiger partial charge in [0.25, 0.3) is 23.6 Å². The summed E-state index contributed by atoms with van der Waals surface area (Å²) in [5, 5.41) is 3.04. The van der Waals surface area contributed by atoms with Gasteiger partial charge < -0.3 is 18.9 Å². The highest BCUT2D eigenvalue weighted by molar-refractivity contribution is 6.48. The van der Waals surface area contributed by atoms with Crippen LogP contribution in [0.15, 0.2) is 279 Å². The Morgan fingerprint density at radius 1 is 0.208 bits per heavy atom. The molecule has 2 aliphatic rings. The second kappa shape index (κ2) is 26.7. The van der Waals surface area contributed by atoms with E-state index in [4.69, 9.17) is 18.9 Å². The molecule has 0 radical (unpaired) electrons. The van der Waals surface area contributed by atoms with E-state index in [-0.39, 0.29) is 68.9 Å². The standard InChI is InChI=1S/C96H74N2O8/c1-55(2)63-43-29-44-64(56(3)4)91(63)97-93(99)71-51-79(103-75-47-25-21-39-67(75)59-31-13-9-14-32-59)85-87-81(105-77-49-27-23-41-69(77)61-35-17-11-18-36-61)53-73-84-74(96(102)98(95(73)101)92-65(57(5)6)45-30-46-66(92)58(7)8)54-82(106-78-50-28-24-42-70(78)62-37-19-12-20-38-62)88(90(84)87)86-80(52-72(94(97)100)83(71)89(85)86)104-76-48-26-22-40-68(76)60-33-15-10-16-34-60/h9-58H,1-8H3. The van der Waals surface area contributed by atoms with Crippen LogP contribution >= 0.6 is 0 Å². The molecule has 0 aromatic heterocycles. The van der Waals surface area contributed by atoms with Gasteiger partial charge in [0, 0.05) is 65.3 Å². The van der Waals surface area contributed by atoms with Crippen LogP contribution in [0.3, 0.4) is 0 Å². The molecule has 15 aromatic carbocycles. The molecule has 2 aliphatic heterocycles. The third-order valence-corrected chi connectivity index (χ3v) is 20.8. The minimum Gasteiger partial charge on any atom is -0.456 e. The van der Waals surface area contributed by atoms with Crippen LogP contribution < -0.4 is 28.7 Å². The number of rotatable bonds is 18. The normalized spacial score (nSPS) is 12.9. The molecule has 0 saturated heterocycles. The summed E-state index contributed by atoms with van der Waals surface area (Å²) >= 11 is 0. The summed E-state index contributed by atoms with van der Waals surface area (Å²) < 4.78 is 31.1. The zero-order valence-electron chi connectivity index (χ0n) is 60.0. The molecule has 17 rings (SSSR count). The Bertz CT molecular complexity index is 5340. The van der Waals surface area contributed by atoms with Crippen LogP contribution in [0.1, 0.15) is 143 Å². The molecule has 0 fully saturated rings. The third kappa shape index (κ3) is 11.0. The molecular formula is C96H74N2O8. The summed E-state index contributed by atoms with van der Waals surface area (Å²) in [6.45, 7) is 16.6.